The number of H-pyrrole nitrogens is 1. The molecule has 0 bridgehead atoms. The molecule has 1 aromatic rings. The highest BCUT2D eigenvalue weighted by molar-refractivity contribution is 5.47. The summed E-state index contributed by atoms with van der Waals surface area (Å²) in [7, 11) is 0. The van der Waals surface area contributed by atoms with E-state index in [-0.39, 0.29) is 11.1 Å². The molecule has 1 aromatic heterocycles. The first kappa shape index (κ1) is 16.1. The second-order valence-corrected chi connectivity index (χ2v) is 7.47. The summed E-state index contributed by atoms with van der Waals surface area (Å²) in [4.78, 5) is 19.7. The standard InChI is InChI=1S/C17H29N3O/c1-12(2)15-9-14(10-16(21)18-15)19-7-8-20(13(3)11-19)17(4,5)6/h9-10,12-13H,7-8,11H2,1-6H3,(H,18,21)/t13-/m1/s1. The van der Waals surface area contributed by atoms with Gasteiger partial charge in [0.05, 0.1) is 0 Å². The molecule has 0 spiro atoms. The molecule has 4 nitrogen and oxygen atoms in total. The van der Waals surface area contributed by atoms with Gasteiger partial charge in [0.2, 0.25) is 5.56 Å². The van der Waals surface area contributed by atoms with Crippen molar-refractivity contribution in [2.45, 2.75) is 59.0 Å². The Kier molecular flexibility index (Phi) is 4.47. The van der Waals surface area contributed by atoms with E-state index in [2.05, 4.69) is 62.4 Å². The van der Waals surface area contributed by atoms with Crippen LogP contribution in [-0.4, -0.2) is 41.1 Å². The van der Waals surface area contributed by atoms with E-state index in [1.807, 2.05) is 0 Å². The number of hydrogen-bond donors (Lipinski definition) is 1. The van der Waals surface area contributed by atoms with Crippen LogP contribution in [0.2, 0.25) is 0 Å². The van der Waals surface area contributed by atoms with Gasteiger partial charge >= 0.3 is 0 Å². The second-order valence-electron chi connectivity index (χ2n) is 7.47. The Bertz CT molecular complexity index is 542. The molecule has 1 N–H and O–H groups in total. The van der Waals surface area contributed by atoms with Crippen LogP contribution < -0.4 is 10.5 Å². The number of pyridine rings is 1. The number of nitrogens with one attached hydrogen (secondary N) is 1. The molecule has 4 heteroatoms. The summed E-state index contributed by atoms with van der Waals surface area (Å²) in [5.41, 5.74) is 2.27. The van der Waals surface area contributed by atoms with Gasteiger partial charge < -0.3 is 9.88 Å². The summed E-state index contributed by atoms with van der Waals surface area (Å²) in [5.74, 6) is 0.339. The lowest BCUT2D eigenvalue weighted by atomic mass is 10.0. The van der Waals surface area contributed by atoms with Gasteiger partial charge in [-0.15, -0.1) is 0 Å². The molecule has 0 amide bonds. The Hall–Kier alpha value is -1.29. The minimum atomic E-state index is 0.00195. The average molecular weight is 291 g/mol. The molecule has 2 heterocycles. The van der Waals surface area contributed by atoms with Gasteiger partial charge in [0, 0.05) is 48.7 Å². The highest BCUT2D eigenvalue weighted by atomic mass is 16.1. The van der Waals surface area contributed by atoms with E-state index >= 15 is 0 Å². The summed E-state index contributed by atoms with van der Waals surface area (Å²) < 4.78 is 0. The van der Waals surface area contributed by atoms with Crippen LogP contribution in [0.1, 0.15) is 53.2 Å². The third-order valence-corrected chi connectivity index (χ3v) is 4.33. The third kappa shape index (κ3) is 3.67. The van der Waals surface area contributed by atoms with Crippen LogP contribution in [0.5, 0.6) is 0 Å². The van der Waals surface area contributed by atoms with Gasteiger partial charge in [-0.3, -0.25) is 9.69 Å². The monoisotopic (exact) mass is 291 g/mol. The van der Waals surface area contributed by atoms with E-state index in [4.69, 9.17) is 0 Å². The molecule has 118 valence electrons. The summed E-state index contributed by atoms with van der Waals surface area (Å²) in [6, 6.07) is 4.34. The highest BCUT2D eigenvalue weighted by Crippen LogP contribution is 2.25. The zero-order chi connectivity index (χ0) is 15.8. The molecule has 0 saturated carbocycles. The van der Waals surface area contributed by atoms with Crippen LogP contribution in [0, 0.1) is 0 Å². The fraction of sp³-hybridized carbons (Fsp3) is 0.706. The van der Waals surface area contributed by atoms with Crippen molar-refractivity contribution in [3.63, 3.8) is 0 Å². The number of nitrogens with zero attached hydrogens (tertiary/aromatic N) is 2. The summed E-state index contributed by atoms with van der Waals surface area (Å²) in [6.45, 7) is 16.3. The normalized spacial score (nSPS) is 21.1. The first-order valence-electron chi connectivity index (χ1n) is 7.94. The van der Waals surface area contributed by atoms with E-state index < -0.39 is 0 Å². The van der Waals surface area contributed by atoms with Crippen LogP contribution in [0.15, 0.2) is 16.9 Å². The van der Waals surface area contributed by atoms with Gasteiger partial charge in [-0.05, 0) is 39.7 Å². The SMILES string of the molecule is CC(C)c1cc(N2CCN(C(C)(C)C)[C@H](C)C2)cc(=O)[nH]1. The van der Waals surface area contributed by atoms with Crippen LogP contribution in [0.25, 0.3) is 0 Å². The average Bonchev–Trinajstić information content (AvgIpc) is 2.36. The summed E-state index contributed by atoms with van der Waals surface area (Å²) in [5, 5.41) is 0. The van der Waals surface area contributed by atoms with E-state index in [0.717, 1.165) is 31.0 Å². The molecular weight excluding hydrogens is 262 g/mol. The molecule has 1 aliphatic heterocycles. The maximum Gasteiger partial charge on any atom is 0.250 e. The maximum absolute atomic E-state index is 11.9. The van der Waals surface area contributed by atoms with Crippen LogP contribution >= 0.6 is 0 Å². The number of anilines is 1. The zero-order valence-corrected chi connectivity index (χ0v) is 14.2. The number of aromatic amines is 1. The Morgan fingerprint density at radius 3 is 2.43 bits per heavy atom. The van der Waals surface area contributed by atoms with Crippen molar-refractivity contribution < 1.29 is 0 Å². The van der Waals surface area contributed by atoms with Crippen LogP contribution in [0.3, 0.4) is 0 Å². The van der Waals surface area contributed by atoms with Crippen molar-refractivity contribution in [1.82, 2.24) is 9.88 Å². The van der Waals surface area contributed by atoms with Gasteiger partial charge in [0.1, 0.15) is 0 Å². The van der Waals surface area contributed by atoms with Gasteiger partial charge in [0.25, 0.3) is 0 Å². The van der Waals surface area contributed by atoms with Crippen molar-refractivity contribution in [3.05, 3.63) is 28.2 Å². The first-order chi connectivity index (χ1) is 9.68. The van der Waals surface area contributed by atoms with Gasteiger partial charge in [-0.1, -0.05) is 13.8 Å². The molecule has 1 aliphatic rings. The third-order valence-electron chi connectivity index (χ3n) is 4.33. The largest absolute Gasteiger partial charge is 0.368 e. The number of rotatable bonds is 2. The fourth-order valence-corrected chi connectivity index (χ4v) is 3.23. The highest BCUT2D eigenvalue weighted by Gasteiger charge is 2.31. The Morgan fingerprint density at radius 2 is 1.90 bits per heavy atom. The second kappa shape index (κ2) is 5.84. The quantitative estimate of drug-likeness (QED) is 0.910. The lowest BCUT2D eigenvalue weighted by Gasteiger charge is -2.47. The zero-order valence-electron chi connectivity index (χ0n) is 14.2. The first-order valence-corrected chi connectivity index (χ1v) is 7.94. The van der Waals surface area contributed by atoms with Gasteiger partial charge in [-0.25, -0.2) is 0 Å². The Morgan fingerprint density at radius 1 is 1.24 bits per heavy atom. The topological polar surface area (TPSA) is 39.3 Å². The Labute approximate surface area is 128 Å². The predicted molar refractivity (Wildman–Crippen MR) is 89.3 cm³/mol. The van der Waals surface area contributed by atoms with E-state index in [1.165, 1.54) is 0 Å². The van der Waals surface area contributed by atoms with Gasteiger partial charge in [-0.2, -0.15) is 0 Å². The Balaban J connectivity index is 2.20. The lowest BCUT2D eigenvalue weighted by molar-refractivity contribution is 0.0799. The molecule has 1 atom stereocenters. The van der Waals surface area contributed by atoms with Crippen molar-refractivity contribution in [2.75, 3.05) is 24.5 Å². The molecular formula is C17H29N3O. The van der Waals surface area contributed by atoms with Crippen molar-refractivity contribution in [1.29, 1.82) is 0 Å². The molecule has 0 aliphatic carbocycles. The molecule has 0 radical (unpaired) electrons. The molecule has 1 saturated heterocycles. The van der Waals surface area contributed by atoms with Crippen LogP contribution in [-0.2, 0) is 0 Å². The predicted octanol–water partition coefficient (Wildman–Crippen LogP) is 2.81. The maximum atomic E-state index is 11.9. The number of aromatic nitrogens is 1. The van der Waals surface area contributed by atoms with Crippen LogP contribution in [0.4, 0.5) is 5.69 Å². The van der Waals surface area contributed by atoms with Crippen molar-refractivity contribution in [2.24, 2.45) is 0 Å². The van der Waals surface area contributed by atoms with E-state index in [1.54, 1.807) is 6.07 Å². The molecule has 1 fully saturated rings. The molecule has 21 heavy (non-hydrogen) atoms. The smallest absolute Gasteiger partial charge is 0.250 e. The molecule has 0 aromatic carbocycles. The minimum Gasteiger partial charge on any atom is -0.368 e. The number of hydrogen-bond acceptors (Lipinski definition) is 3. The van der Waals surface area contributed by atoms with Gasteiger partial charge in [0.15, 0.2) is 0 Å². The molecule has 2 rings (SSSR count). The number of piperazine rings is 1. The summed E-state index contributed by atoms with van der Waals surface area (Å²) >= 11 is 0. The van der Waals surface area contributed by atoms with Crippen molar-refractivity contribution >= 4 is 5.69 Å². The summed E-state index contributed by atoms with van der Waals surface area (Å²) in [6.07, 6.45) is 0. The van der Waals surface area contributed by atoms with E-state index in [9.17, 15) is 4.79 Å². The molecule has 0 unspecified atom stereocenters. The van der Waals surface area contributed by atoms with E-state index in [0.29, 0.717) is 12.0 Å². The lowest BCUT2D eigenvalue weighted by Crippen LogP contribution is -2.58. The fourth-order valence-electron chi connectivity index (χ4n) is 3.23. The minimum absolute atomic E-state index is 0.00195. The van der Waals surface area contributed by atoms with Crippen molar-refractivity contribution in [3.8, 4) is 0 Å².